The zero-order valence-electron chi connectivity index (χ0n) is 12.2. The van der Waals surface area contributed by atoms with Gasteiger partial charge in [-0.25, -0.2) is 0 Å². The Labute approximate surface area is 116 Å². The maximum atomic E-state index is 5.98. The number of hydrogen-bond donors (Lipinski definition) is 1. The molecule has 18 heavy (non-hydrogen) atoms. The lowest BCUT2D eigenvalue weighted by Gasteiger charge is -2.34. The van der Waals surface area contributed by atoms with Crippen LogP contribution in [0.5, 0.6) is 0 Å². The van der Waals surface area contributed by atoms with E-state index in [9.17, 15) is 0 Å². The summed E-state index contributed by atoms with van der Waals surface area (Å²) in [5.41, 5.74) is 7.34. The Kier molecular flexibility index (Phi) is 6.19. The number of nitrogens with zero attached hydrogens (tertiary/aromatic N) is 1. The molecule has 0 fully saturated rings. The lowest BCUT2D eigenvalue weighted by atomic mass is 9.84. The number of benzene rings is 1. The monoisotopic (exact) mass is 266 g/mol. The average molecular weight is 266 g/mol. The quantitative estimate of drug-likeness (QED) is 0.802. The molecule has 1 rings (SSSR count). The van der Waals surface area contributed by atoms with Crippen molar-refractivity contribution < 1.29 is 0 Å². The van der Waals surface area contributed by atoms with E-state index >= 15 is 0 Å². The first kappa shape index (κ1) is 15.5. The second-order valence-electron chi connectivity index (χ2n) is 5.33. The van der Waals surface area contributed by atoms with Gasteiger partial charge in [-0.1, -0.05) is 26.0 Å². The molecule has 0 saturated carbocycles. The fraction of sp³-hybridized carbons (Fsp3) is 0.600. The summed E-state index contributed by atoms with van der Waals surface area (Å²) in [4.78, 5) is 3.59. The van der Waals surface area contributed by atoms with Crippen LogP contribution in [0.2, 0.25) is 0 Å². The minimum Gasteiger partial charge on any atom is -0.330 e. The van der Waals surface area contributed by atoms with E-state index in [1.165, 1.54) is 10.5 Å². The van der Waals surface area contributed by atoms with E-state index in [-0.39, 0.29) is 0 Å². The standard InChI is InChI=1S/C15H26N2S/c1-11(2)14(10-16)15(17(3)4)12-6-8-13(18-5)9-7-12/h6-9,11,14-15H,10,16H2,1-5H3. The van der Waals surface area contributed by atoms with Gasteiger partial charge in [0.05, 0.1) is 0 Å². The average Bonchev–Trinajstić information content (AvgIpc) is 2.35. The van der Waals surface area contributed by atoms with E-state index in [0.717, 1.165) is 6.54 Å². The molecule has 0 bridgehead atoms. The van der Waals surface area contributed by atoms with Gasteiger partial charge in [-0.05, 0) is 56.4 Å². The molecule has 3 heteroatoms. The van der Waals surface area contributed by atoms with Crippen molar-refractivity contribution in [2.24, 2.45) is 17.6 Å². The van der Waals surface area contributed by atoms with Crippen LogP contribution in [0.3, 0.4) is 0 Å². The molecular formula is C15H26N2S. The minimum atomic E-state index is 0.394. The topological polar surface area (TPSA) is 29.3 Å². The number of rotatable bonds is 6. The molecule has 102 valence electrons. The lowest BCUT2D eigenvalue weighted by Crippen LogP contribution is -2.35. The third kappa shape index (κ3) is 3.74. The molecule has 0 amide bonds. The van der Waals surface area contributed by atoms with E-state index in [0.29, 0.717) is 17.9 Å². The summed E-state index contributed by atoms with van der Waals surface area (Å²) in [5, 5.41) is 0. The van der Waals surface area contributed by atoms with Crippen LogP contribution in [-0.4, -0.2) is 31.8 Å². The first-order valence-electron chi connectivity index (χ1n) is 6.51. The summed E-state index contributed by atoms with van der Waals surface area (Å²) in [6.07, 6.45) is 2.11. The first-order chi connectivity index (χ1) is 8.51. The Morgan fingerprint density at radius 2 is 1.72 bits per heavy atom. The molecule has 0 heterocycles. The van der Waals surface area contributed by atoms with Gasteiger partial charge in [-0.15, -0.1) is 11.8 Å². The highest BCUT2D eigenvalue weighted by Crippen LogP contribution is 2.32. The van der Waals surface area contributed by atoms with Gasteiger partial charge in [0.1, 0.15) is 0 Å². The van der Waals surface area contributed by atoms with Gasteiger partial charge in [0.2, 0.25) is 0 Å². The van der Waals surface area contributed by atoms with E-state index < -0.39 is 0 Å². The Bertz CT molecular complexity index is 346. The third-order valence-electron chi connectivity index (χ3n) is 3.55. The van der Waals surface area contributed by atoms with Crippen LogP contribution in [0.25, 0.3) is 0 Å². The van der Waals surface area contributed by atoms with Crippen LogP contribution in [0.1, 0.15) is 25.5 Å². The zero-order valence-corrected chi connectivity index (χ0v) is 13.0. The van der Waals surface area contributed by atoms with Gasteiger partial charge in [0.25, 0.3) is 0 Å². The summed E-state index contributed by atoms with van der Waals surface area (Å²) in [7, 11) is 4.27. The normalized spacial score (nSPS) is 15.1. The molecule has 2 unspecified atom stereocenters. The Morgan fingerprint density at radius 3 is 2.06 bits per heavy atom. The zero-order chi connectivity index (χ0) is 13.7. The second kappa shape index (κ2) is 7.17. The summed E-state index contributed by atoms with van der Waals surface area (Å²) < 4.78 is 0. The van der Waals surface area contributed by atoms with Crippen LogP contribution in [0.4, 0.5) is 0 Å². The smallest absolute Gasteiger partial charge is 0.0384 e. The van der Waals surface area contributed by atoms with Crippen molar-refractivity contribution in [2.75, 3.05) is 26.9 Å². The highest BCUT2D eigenvalue weighted by molar-refractivity contribution is 7.98. The molecule has 2 atom stereocenters. The molecule has 0 radical (unpaired) electrons. The molecule has 1 aromatic carbocycles. The fourth-order valence-corrected chi connectivity index (χ4v) is 2.90. The lowest BCUT2D eigenvalue weighted by molar-refractivity contribution is 0.175. The van der Waals surface area contributed by atoms with E-state index in [4.69, 9.17) is 5.73 Å². The molecule has 0 aliphatic carbocycles. The maximum absolute atomic E-state index is 5.98. The molecule has 2 nitrogen and oxygen atoms in total. The highest BCUT2D eigenvalue weighted by Gasteiger charge is 2.26. The minimum absolute atomic E-state index is 0.394. The Hall–Kier alpha value is -0.510. The predicted octanol–water partition coefficient (Wildman–Crippen LogP) is 3.24. The number of nitrogens with two attached hydrogens (primary N) is 1. The summed E-state index contributed by atoms with van der Waals surface area (Å²) >= 11 is 1.78. The Morgan fingerprint density at radius 1 is 1.17 bits per heavy atom. The molecule has 2 N–H and O–H groups in total. The largest absolute Gasteiger partial charge is 0.330 e. The van der Waals surface area contributed by atoms with Gasteiger partial charge in [0.15, 0.2) is 0 Å². The van der Waals surface area contributed by atoms with E-state index in [2.05, 4.69) is 63.4 Å². The molecular weight excluding hydrogens is 240 g/mol. The van der Waals surface area contributed by atoms with E-state index in [1.807, 2.05) is 0 Å². The SMILES string of the molecule is CSc1ccc(C(C(CN)C(C)C)N(C)C)cc1. The molecule has 0 aliphatic heterocycles. The first-order valence-corrected chi connectivity index (χ1v) is 7.74. The highest BCUT2D eigenvalue weighted by atomic mass is 32.2. The fourth-order valence-electron chi connectivity index (χ4n) is 2.50. The van der Waals surface area contributed by atoms with Gasteiger partial charge in [-0.2, -0.15) is 0 Å². The second-order valence-corrected chi connectivity index (χ2v) is 6.20. The summed E-state index contributed by atoms with van der Waals surface area (Å²) in [6, 6.07) is 9.27. The predicted molar refractivity (Wildman–Crippen MR) is 82.0 cm³/mol. The van der Waals surface area contributed by atoms with Crippen LogP contribution in [-0.2, 0) is 0 Å². The van der Waals surface area contributed by atoms with Crippen LogP contribution in [0, 0.1) is 11.8 Å². The molecule has 0 saturated heterocycles. The third-order valence-corrected chi connectivity index (χ3v) is 4.29. The van der Waals surface area contributed by atoms with Gasteiger partial charge in [0, 0.05) is 10.9 Å². The van der Waals surface area contributed by atoms with Crippen molar-refractivity contribution in [1.29, 1.82) is 0 Å². The Balaban J connectivity index is 3.03. The number of hydrogen-bond acceptors (Lipinski definition) is 3. The van der Waals surface area contributed by atoms with Crippen molar-refractivity contribution in [3.63, 3.8) is 0 Å². The molecule has 0 aromatic heterocycles. The van der Waals surface area contributed by atoms with Crippen molar-refractivity contribution >= 4 is 11.8 Å². The molecule has 1 aromatic rings. The van der Waals surface area contributed by atoms with Crippen molar-refractivity contribution in [1.82, 2.24) is 4.90 Å². The van der Waals surface area contributed by atoms with Gasteiger partial charge >= 0.3 is 0 Å². The van der Waals surface area contributed by atoms with Crippen LogP contribution >= 0.6 is 11.8 Å². The van der Waals surface area contributed by atoms with Crippen molar-refractivity contribution in [2.45, 2.75) is 24.8 Å². The summed E-state index contributed by atoms with van der Waals surface area (Å²) in [5.74, 6) is 1.07. The maximum Gasteiger partial charge on any atom is 0.0384 e. The number of thioether (sulfide) groups is 1. The van der Waals surface area contributed by atoms with Crippen molar-refractivity contribution in [3.05, 3.63) is 29.8 Å². The van der Waals surface area contributed by atoms with Crippen LogP contribution < -0.4 is 5.73 Å². The van der Waals surface area contributed by atoms with Gasteiger partial charge < -0.3 is 10.6 Å². The van der Waals surface area contributed by atoms with E-state index in [1.54, 1.807) is 11.8 Å². The summed E-state index contributed by atoms with van der Waals surface area (Å²) in [6.45, 7) is 5.24. The molecule has 0 aliphatic rings. The van der Waals surface area contributed by atoms with Crippen LogP contribution in [0.15, 0.2) is 29.2 Å². The molecule has 0 spiro atoms. The van der Waals surface area contributed by atoms with Crippen molar-refractivity contribution in [3.8, 4) is 0 Å². The van der Waals surface area contributed by atoms with Gasteiger partial charge in [-0.3, -0.25) is 0 Å².